The maximum absolute atomic E-state index is 12.3. The minimum atomic E-state index is -0.615. The maximum Gasteiger partial charge on any atom is 0.379 e. The van der Waals surface area contributed by atoms with E-state index in [2.05, 4.69) is 20.3 Å². The average Bonchev–Trinajstić information content (AvgIpc) is 3.78. The molecule has 13 heteroatoms. The monoisotopic (exact) mass is 746 g/mol. The summed E-state index contributed by atoms with van der Waals surface area (Å²) in [6, 6.07) is 0. The van der Waals surface area contributed by atoms with Crippen LogP contribution in [0.25, 0.3) is 0 Å². The molecule has 0 amide bonds. The van der Waals surface area contributed by atoms with Gasteiger partial charge in [0.2, 0.25) is 11.8 Å². The Labute approximate surface area is 316 Å². The predicted octanol–water partition coefficient (Wildman–Crippen LogP) is 8.94. The lowest BCUT2D eigenvalue weighted by Crippen LogP contribution is -2.25. The van der Waals surface area contributed by atoms with Crippen molar-refractivity contribution in [3.05, 3.63) is 23.4 Å². The van der Waals surface area contributed by atoms with Gasteiger partial charge in [0, 0.05) is 11.8 Å². The first-order valence-corrected chi connectivity index (χ1v) is 20.0. The quantitative estimate of drug-likeness (QED) is 0.120. The fourth-order valence-corrected chi connectivity index (χ4v) is 7.23. The van der Waals surface area contributed by atoms with Crippen LogP contribution in [0.15, 0.2) is 9.05 Å². The lowest BCUT2D eigenvalue weighted by molar-refractivity contribution is -0.156. The van der Waals surface area contributed by atoms with E-state index in [0.717, 1.165) is 43.9 Å². The minimum absolute atomic E-state index is 0.0988. The fourth-order valence-electron chi connectivity index (χ4n) is 7.23. The Hall–Kier alpha value is -3.35. The first-order valence-electron chi connectivity index (χ1n) is 20.0. The molecule has 0 saturated heterocycles. The van der Waals surface area contributed by atoms with Crippen molar-refractivity contribution in [1.82, 2.24) is 20.3 Å². The van der Waals surface area contributed by atoms with Gasteiger partial charge in [-0.05, 0) is 78.3 Å². The van der Waals surface area contributed by atoms with Crippen molar-refractivity contribution in [1.29, 1.82) is 0 Å². The van der Waals surface area contributed by atoms with Crippen LogP contribution in [0.1, 0.15) is 204 Å². The molecule has 2 fully saturated rings. The Morgan fingerprint density at radius 1 is 0.717 bits per heavy atom. The van der Waals surface area contributed by atoms with Crippen molar-refractivity contribution in [3.8, 4) is 0 Å². The second-order valence-electron chi connectivity index (χ2n) is 16.7. The maximum atomic E-state index is 12.3. The first kappa shape index (κ1) is 44.0. The molecule has 0 unspecified atom stereocenters. The minimum Gasteiger partial charge on any atom is -0.460 e. The van der Waals surface area contributed by atoms with Crippen LogP contribution in [-0.2, 0) is 30.4 Å². The highest BCUT2D eigenvalue weighted by molar-refractivity contribution is 5.84. The van der Waals surface area contributed by atoms with E-state index in [9.17, 15) is 14.4 Å². The number of hydrogen-bond acceptors (Lipinski definition) is 13. The molecule has 2 heterocycles. The number of hydrogen-bond donors (Lipinski definition) is 1. The number of aliphatic hydroxyl groups is 1. The molecular weight excluding hydrogens is 680 g/mol. The van der Waals surface area contributed by atoms with Gasteiger partial charge in [0.25, 0.3) is 5.82 Å². The summed E-state index contributed by atoms with van der Waals surface area (Å²) in [5, 5.41) is 16.6. The van der Waals surface area contributed by atoms with E-state index < -0.39 is 17.2 Å². The Kier molecular flexibility index (Phi) is 18.4. The van der Waals surface area contributed by atoms with Gasteiger partial charge >= 0.3 is 17.9 Å². The second-order valence-corrected chi connectivity index (χ2v) is 16.7. The zero-order valence-electron chi connectivity index (χ0n) is 33.5. The van der Waals surface area contributed by atoms with Crippen LogP contribution in [0.5, 0.6) is 0 Å². The third-order valence-corrected chi connectivity index (χ3v) is 9.67. The summed E-state index contributed by atoms with van der Waals surface area (Å²) >= 11 is 0. The molecule has 2 saturated carbocycles. The second kappa shape index (κ2) is 22.1. The van der Waals surface area contributed by atoms with Gasteiger partial charge in [0.05, 0.1) is 19.4 Å². The summed E-state index contributed by atoms with van der Waals surface area (Å²) in [5.41, 5.74) is -1.05. The van der Waals surface area contributed by atoms with Crippen LogP contribution >= 0.6 is 0 Å². The molecule has 53 heavy (non-hydrogen) atoms. The Balaban J connectivity index is 0.000000287. The highest BCUT2D eigenvalue weighted by Gasteiger charge is 2.29. The number of carbonyl (C=O) groups excluding carboxylic acids is 3. The van der Waals surface area contributed by atoms with Gasteiger partial charge in [-0.15, -0.1) is 0 Å². The van der Waals surface area contributed by atoms with Crippen LogP contribution in [-0.4, -0.2) is 61.1 Å². The number of carbonyl (C=O) groups is 3. The molecule has 0 bridgehead atoms. The SMILES string of the molecule is CC(C)(C)OC(=O)C[C@@H](CCCC1CCCCC1)c1nc(CO)no1.CCOC(=O)c1noc([C@H](CCCC2CCCCC2)CC(=O)OC(C)(C)C)n1. The highest BCUT2D eigenvalue weighted by Crippen LogP contribution is 2.33. The topological polar surface area (TPSA) is 177 Å². The molecular formula is C40H66N4O9. The lowest BCUT2D eigenvalue weighted by Gasteiger charge is -2.23. The molecule has 2 aromatic heterocycles. The molecule has 2 atom stereocenters. The van der Waals surface area contributed by atoms with Crippen molar-refractivity contribution in [2.75, 3.05) is 6.61 Å². The first-order chi connectivity index (χ1) is 25.2. The Bertz CT molecular complexity index is 1360. The number of esters is 3. The van der Waals surface area contributed by atoms with Crippen LogP contribution in [0.3, 0.4) is 0 Å². The largest absolute Gasteiger partial charge is 0.460 e. The van der Waals surface area contributed by atoms with Crippen molar-refractivity contribution in [3.63, 3.8) is 0 Å². The van der Waals surface area contributed by atoms with Crippen molar-refractivity contribution >= 4 is 17.9 Å². The van der Waals surface area contributed by atoms with Gasteiger partial charge in [0.1, 0.15) is 17.8 Å². The molecule has 13 nitrogen and oxygen atoms in total. The van der Waals surface area contributed by atoms with E-state index in [1.165, 1.54) is 70.6 Å². The molecule has 0 radical (unpaired) electrons. The molecule has 4 rings (SSSR count). The van der Waals surface area contributed by atoms with Crippen molar-refractivity contribution in [2.24, 2.45) is 11.8 Å². The van der Waals surface area contributed by atoms with E-state index in [4.69, 9.17) is 28.4 Å². The fraction of sp³-hybridized carbons (Fsp3) is 0.825. The third kappa shape index (κ3) is 17.6. The van der Waals surface area contributed by atoms with Crippen LogP contribution < -0.4 is 0 Å². The summed E-state index contributed by atoms with van der Waals surface area (Å²) < 4.78 is 26.4. The summed E-state index contributed by atoms with van der Waals surface area (Å²) in [6.07, 6.45) is 19.6. The lowest BCUT2D eigenvalue weighted by atomic mass is 9.84. The van der Waals surface area contributed by atoms with E-state index in [1.807, 2.05) is 41.5 Å². The van der Waals surface area contributed by atoms with E-state index in [0.29, 0.717) is 11.8 Å². The van der Waals surface area contributed by atoms with E-state index in [1.54, 1.807) is 6.92 Å². The number of ether oxygens (including phenoxy) is 3. The molecule has 0 aliphatic heterocycles. The summed E-state index contributed by atoms with van der Waals surface area (Å²) in [6.45, 7) is 12.8. The molecule has 1 N–H and O–H groups in total. The summed E-state index contributed by atoms with van der Waals surface area (Å²) in [7, 11) is 0. The van der Waals surface area contributed by atoms with E-state index in [-0.39, 0.29) is 61.5 Å². The number of aromatic nitrogens is 4. The molecule has 2 aromatic rings. The van der Waals surface area contributed by atoms with Gasteiger partial charge in [0.15, 0.2) is 5.82 Å². The number of nitrogens with zero attached hydrogens (tertiary/aromatic N) is 4. The zero-order chi connectivity index (χ0) is 38.9. The summed E-state index contributed by atoms with van der Waals surface area (Å²) in [5.74, 6) is 0.910. The normalized spacial score (nSPS) is 17.0. The third-order valence-electron chi connectivity index (χ3n) is 9.67. The predicted molar refractivity (Wildman–Crippen MR) is 198 cm³/mol. The van der Waals surface area contributed by atoms with Gasteiger partial charge in [-0.1, -0.05) is 95.0 Å². The molecule has 2 aliphatic carbocycles. The zero-order valence-corrected chi connectivity index (χ0v) is 33.5. The standard InChI is InChI=1S/C21H34N2O5.C19H32N2O4/c1-5-26-20(25)18-22-19(28-23-18)16(14-17(24)27-21(2,3)4)13-9-12-15-10-7-6-8-11-15;1-19(2,3)24-17(23)12-15(18-20-16(13-22)21-25-18)11-7-10-14-8-5-4-6-9-14/h15-16H,5-14H2,1-4H3;14-15,22H,4-13H2,1-3H3/t16-;15-/m11/s1. The van der Waals surface area contributed by atoms with Crippen molar-refractivity contribution in [2.45, 2.75) is 194 Å². The summed E-state index contributed by atoms with van der Waals surface area (Å²) in [4.78, 5) is 44.8. The number of rotatable bonds is 17. The van der Waals surface area contributed by atoms with Crippen LogP contribution in [0, 0.1) is 11.8 Å². The van der Waals surface area contributed by atoms with Gasteiger partial charge in [-0.3, -0.25) is 9.59 Å². The van der Waals surface area contributed by atoms with Gasteiger partial charge in [-0.2, -0.15) is 9.97 Å². The average molecular weight is 747 g/mol. The van der Waals surface area contributed by atoms with Crippen LogP contribution in [0.2, 0.25) is 0 Å². The van der Waals surface area contributed by atoms with Crippen LogP contribution in [0.4, 0.5) is 0 Å². The molecule has 2 aliphatic rings. The highest BCUT2D eigenvalue weighted by atomic mass is 16.6. The van der Waals surface area contributed by atoms with Gasteiger partial charge in [-0.25, -0.2) is 4.79 Å². The van der Waals surface area contributed by atoms with Gasteiger partial charge < -0.3 is 28.4 Å². The van der Waals surface area contributed by atoms with E-state index >= 15 is 0 Å². The smallest absolute Gasteiger partial charge is 0.379 e. The van der Waals surface area contributed by atoms with Crippen molar-refractivity contribution < 1.29 is 42.7 Å². The number of aliphatic hydroxyl groups excluding tert-OH is 1. The molecule has 0 aromatic carbocycles. The molecule has 0 spiro atoms. The Morgan fingerprint density at radius 2 is 1.17 bits per heavy atom. The Morgan fingerprint density at radius 3 is 1.58 bits per heavy atom. The molecule has 300 valence electrons.